The summed E-state index contributed by atoms with van der Waals surface area (Å²) in [6, 6.07) is 6.10. The van der Waals surface area contributed by atoms with E-state index in [-0.39, 0.29) is 24.3 Å². The van der Waals surface area contributed by atoms with Gasteiger partial charge in [-0.15, -0.1) is 0 Å². The van der Waals surface area contributed by atoms with Crippen LogP contribution >= 0.6 is 0 Å². The molecule has 4 heteroatoms. The minimum absolute atomic E-state index is 0.0734. The van der Waals surface area contributed by atoms with Crippen LogP contribution in [0.25, 0.3) is 0 Å². The monoisotopic (exact) mass is 199 g/mol. The molecule has 0 atom stereocenters. The Morgan fingerprint density at radius 2 is 1.79 bits per heavy atom. The molecule has 0 aliphatic carbocycles. The van der Waals surface area contributed by atoms with E-state index < -0.39 is 6.08 Å². The van der Waals surface area contributed by atoms with E-state index in [4.69, 9.17) is 10.8 Å². The normalized spacial score (nSPS) is 9.93. The largest absolute Gasteiger partial charge is 0.508 e. The first kappa shape index (κ1) is 10.7. The van der Waals surface area contributed by atoms with E-state index in [0.29, 0.717) is 5.56 Å². The summed E-state index contributed by atoms with van der Waals surface area (Å²) < 4.78 is 24.4. The quantitative estimate of drug-likeness (QED) is 0.782. The summed E-state index contributed by atoms with van der Waals surface area (Å²) in [6.07, 6.45) is -1.60. The van der Waals surface area contributed by atoms with Crippen molar-refractivity contribution in [2.45, 2.75) is 6.42 Å². The van der Waals surface area contributed by atoms with Crippen LogP contribution in [-0.2, 0) is 6.42 Å². The van der Waals surface area contributed by atoms with Crippen molar-refractivity contribution in [3.63, 3.8) is 0 Å². The number of phenolic OH excluding ortho intramolecular Hbond substituents is 1. The van der Waals surface area contributed by atoms with E-state index in [2.05, 4.69) is 0 Å². The molecule has 1 rings (SSSR count). The summed E-state index contributed by atoms with van der Waals surface area (Å²) in [5.41, 5.74) is 5.80. The van der Waals surface area contributed by atoms with Gasteiger partial charge in [0.15, 0.2) is 0 Å². The molecule has 2 nitrogen and oxygen atoms in total. The third-order valence-corrected chi connectivity index (χ3v) is 1.87. The van der Waals surface area contributed by atoms with Crippen LogP contribution in [0.5, 0.6) is 5.75 Å². The second-order valence-electron chi connectivity index (χ2n) is 2.91. The standard InChI is InChI=1S/C10H11F2NO/c11-10(12)8(6-13)5-7-1-3-9(14)4-2-7/h1-4,14H,5-6,13H2. The van der Waals surface area contributed by atoms with Gasteiger partial charge in [-0.2, -0.15) is 8.78 Å². The lowest BCUT2D eigenvalue weighted by Crippen LogP contribution is -2.06. The highest BCUT2D eigenvalue weighted by molar-refractivity contribution is 5.29. The summed E-state index contributed by atoms with van der Waals surface area (Å²) in [4.78, 5) is 0. The molecule has 0 unspecified atom stereocenters. The molecule has 0 radical (unpaired) electrons. The number of nitrogens with two attached hydrogens (primary N) is 1. The van der Waals surface area contributed by atoms with Crippen molar-refractivity contribution < 1.29 is 13.9 Å². The lowest BCUT2D eigenvalue weighted by molar-refractivity contribution is 0.408. The molecular formula is C10H11F2NO. The van der Waals surface area contributed by atoms with Gasteiger partial charge in [0.2, 0.25) is 0 Å². The van der Waals surface area contributed by atoms with Crippen molar-refractivity contribution in [2.75, 3.05) is 6.54 Å². The van der Waals surface area contributed by atoms with Gasteiger partial charge in [-0.25, -0.2) is 0 Å². The Morgan fingerprint density at radius 3 is 2.21 bits per heavy atom. The number of aromatic hydroxyl groups is 1. The molecule has 1 aromatic carbocycles. The van der Waals surface area contributed by atoms with Crippen LogP contribution in [0.1, 0.15) is 5.56 Å². The highest BCUT2D eigenvalue weighted by Crippen LogP contribution is 2.16. The van der Waals surface area contributed by atoms with Crippen LogP contribution < -0.4 is 5.73 Å². The van der Waals surface area contributed by atoms with E-state index >= 15 is 0 Å². The second-order valence-corrected chi connectivity index (χ2v) is 2.91. The van der Waals surface area contributed by atoms with Crippen LogP contribution in [0.2, 0.25) is 0 Å². The second kappa shape index (κ2) is 4.72. The smallest absolute Gasteiger partial charge is 0.271 e. The molecule has 0 spiro atoms. The Kier molecular flexibility index (Phi) is 3.59. The Balaban J connectivity index is 2.78. The zero-order chi connectivity index (χ0) is 10.6. The SMILES string of the molecule is NCC(Cc1ccc(O)cc1)=C(F)F. The first-order chi connectivity index (χ1) is 6.63. The van der Waals surface area contributed by atoms with E-state index in [1.165, 1.54) is 12.1 Å². The van der Waals surface area contributed by atoms with Gasteiger partial charge >= 0.3 is 0 Å². The topological polar surface area (TPSA) is 46.2 Å². The Morgan fingerprint density at radius 1 is 1.21 bits per heavy atom. The summed E-state index contributed by atoms with van der Waals surface area (Å²) in [5, 5.41) is 8.97. The van der Waals surface area contributed by atoms with Gasteiger partial charge in [-0.3, -0.25) is 0 Å². The predicted molar refractivity (Wildman–Crippen MR) is 50.1 cm³/mol. The lowest BCUT2D eigenvalue weighted by Gasteiger charge is -2.03. The molecule has 0 aliphatic heterocycles. The summed E-state index contributed by atoms with van der Waals surface area (Å²) in [5.74, 6) is 0.118. The van der Waals surface area contributed by atoms with Gasteiger partial charge in [0.05, 0.1) is 0 Å². The van der Waals surface area contributed by atoms with Crippen molar-refractivity contribution in [2.24, 2.45) is 5.73 Å². The molecule has 0 fully saturated rings. The fourth-order valence-electron chi connectivity index (χ4n) is 1.08. The van der Waals surface area contributed by atoms with E-state index in [9.17, 15) is 8.78 Å². The van der Waals surface area contributed by atoms with E-state index in [0.717, 1.165) is 0 Å². The molecule has 76 valence electrons. The first-order valence-corrected chi connectivity index (χ1v) is 4.14. The number of rotatable bonds is 3. The Labute approximate surface area is 80.7 Å². The highest BCUT2D eigenvalue weighted by atomic mass is 19.3. The van der Waals surface area contributed by atoms with E-state index in [1.54, 1.807) is 12.1 Å². The third kappa shape index (κ3) is 2.81. The number of halogens is 2. The van der Waals surface area contributed by atoms with Crippen molar-refractivity contribution in [3.05, 3.63) is 41.5 Å². The average Bonchev–Trinajstić information content (AvgIpc) is 2.16. The first-order valence-electron chi connectivity index (χ1n) is 4.14. The Hall–Kier alpha value is -1.42. The third-order valence-electron chi connectivity index (χ3n) is 1.87. The van der Waals surface area contributed by atoms with Crippen LogP contribution in [0.4, 0.5) is 8.78 Å². The molecule has 1 aromatic rings. The maximum atomic E-state index is 12.2. The molecule has 14 heavy (non-hydrogen) atoms. The zero-order valence-electron chi connectivity index (χ0n) is 7.50. The van der Waals surface area contributed by atoms with Gasteiger partial charge in [-0.05, 0) is 17.7 Å². The summed E-state index contributed by atoms with van der Waals surface area (Å²) >= 11 is 0. The van der Waals surface area contributed by atoms with Crippen LogP contribution in [0, 0.1) is 0 Å². The van der Waals surface area contributed by atoms with Crippen molar-refractivity contribution in [3.8, 4) is 5.75 Å². The number of hydrogen-bond acceptors (Lipinski definition) is 2. The molecule has 0 aromatic heterocycles. The summed E-state index contributed by atoms with van der Waals surface area (Å²) in [6.45, 7) is -0.150. The molecule has 0 saturated carbocycles. The predicted octanol–water partition coefficient (Wildman–Crippen LogP) is 2.04. The molecule has 0 heterocycles. The molecule has 0 aliphatic rings. The van der Waals surface area contributed by atoms with Gasteiger partial charge in [0, 0.05) is 18.5 Å². The van der Waals surface area contributed by atoms with Crippen LogP contribution in [0.15, 0.2) is 35.9 Å². The maximum absolute atomic E-state index is 12.2. The molecule has 0 saturated heterocycles. The van der Waals surface area contributed by atoms with Gasteiger partial charge in [-0.1, -0.05) is 12.1 Å². The minimum atomic E-state index is -1.72. The molecule has 0 amide bonds. The van der Waals surface area contributed by atoms with Crippen LogP contribution in [-0.4, -0.2) is 11.7 Å². The number of phenols is 1. The fraction of sp³-hybridized carbons (Fsp3) is 0.200. The number of benzene rings is 1. The van der Waals surface area contributed by atoms with Gasteiger partial charge in [0.1, 0.15) is 5.75 Å². The minimum Gasteiger partial charge on any atom is -0.508 e. The van der Waals surface area contributed by atoms with Crippen LogP contribution in [0.3, 0.4) is 0 Å². The Bertz CT molecular complexity index is 328. The highest BCUT2D eigenvalue weighted by Gasteiger charge is 2.05. The lowest BCUT2D eigenvalue weighted by atomic mass is 10.1. The zero-order valence-corrected chi connectivity index (χ0v) is 7.50. The summed E-state index contributed by atoms with van der Waals surface area (Å²) in [7, 11) is 0. The average molecular weight is 199 g/mol. The molecular weight excluding hydrogens is 188 g/mol. The molecule has 3 N–H and O–H groups in total. The van der Waals surface area contributed by atoms with Crippen molar-refractivity contribution >= 4 is 0 Å². The van der Waals surface area contributed by atoms with Gasteiger partial charge in [0.25, 0.3) is 6.08 Å². The van der Waals surface area contributed by atoms with Crippen molar-refractivity contribution in [1.29, 1.82) is 0 Å². The maximum Gasteiger partial charge on any atom is 0.271 e. The van der Waals surface area contributed by atoms with Gasteiger partial charge < -0.3 is 10.8 Å². The molecule has 0 bridgehead atoms. The fourth-order valence-corrected chi connectivity index (χ4v) is 1.08. The number of hydrogen-bond donors (Lipinski definition) is 2. The van der Waals surface area contributed by atoms with E-state index in [1.807, 2.05) is 0 Å². The van der Waals surface area contributed by atoms with Crippen molar-refractivity contribution in [1.82, 2.24) is 0 Å².